The van der Waals surface area contributed by atoms with Crippen LogP contribution in [0.15, 0.2) is 83.3 Å². The second-order valence-electron chi connectivity index (χ2n) is 7.11. The first-order chi connectivity index (χ1) is 13.5. The summed E-state index contributed by atoms with van der Waals surface area (Å²) in [4.78, 5) is 0.291. The van der Waals surface area contributed by atoms with E-state index in [1.807, 2.05) is 43.3 Å². The molecule has 1 unspecified atom stereocenters. The van der Waals surface area contributed by atoms with Crippen molar-refractivity contribution in [1.82, 2.24) is 4.72 Å². The van der Waals surface area contributed by atoms with Gasteiger partial charge in [-0.3, -0.25) is 0 Å². The second-order valence-corrected chi connectivity index (χ2v) is 8.83. The summed E-state index contributed by atoms with van der Waals surface area (Å²) in [7, 11) is -3.64. The monoisotopic (exact) mass is 549 g/mol. The van der Waals surface area contributed by atoms with Crippen LogP contribution in [0.5, 0.6) is 0 Å². The van der Waals surface area contributed by atoms with Gasteiger partial charge in [-0.05, 0) is 53.3 Å². The molecule has 0 spiro atoms. The number of sulfonamides is 1. The fraction of sp³-hybridized carbons (Fsp3) is 0.167. The first kappa shape index (κ1) is 27.8. The first-order valence-electron chi connectivity index (χ1n) is 9.47. The van der Waals surface area contributed by atoms with E-state index in [1.165, 1.54) is 0 Å². The molecule has 0 aromatic heterocycles. The summed E-state index contributed by atoms with van der Waals surface area (Å²) < 4.78 is 29.1. The average Bonchev–Trinajstić information content (AvgIpc) is 3.06. The number of benzene rings is 3. The van der Waals surface area contributed by atoms with Crippen molar-refractivity contribution in [3.63, 3.8) is 0 Å². The van der Waals surface area contributed by atoms with Crippen molar-refractivity contribution in [2.24, 2.45) is 0 Å². The smallest absolute Gasteiger partial charge is 1.00 e. The number of nitrogens with one attached hydrogen (secondary N) is 1. The van der Waals surface area contributed by atoms with E-state index in [2.05, 4.69) is 42.0 Å². The van der Waals surface area contributed by atoms with Crippen molar-refractivity contribution in [2.45, 2.75) is 31.2 Å². The van der Waals surface area contributed by atoms with Gasteiger partial charge in [0.2, 0.25) is 10.0 Å². The van der Waals surface area contributed by atoms with Gasteiger partial charge in [0.15, 0.2) is 0 Å². The third-order valence-electron chi connectivity index (χ3n) is 5.24. The summed E-state index contributed by atoms with van der Waals surface area (Å²) in [5, 5.41) is 0. The van der Waals surface area contributed by atoms with E-state index in [0.29, 0.717) is 4.90 Å². The summed E-state index contributed by atoms with van der Waals surface area (Å²) in [6.45, 7) is 4.01. The van der Waals surface area contributed by atoms with Crippen LogP contribution in [-0.2, 0) is 36.2 Å². The van der Waals surface area contributed by atoms with Crippen LogP contribution in [0.2, 0.25) is 0 Å². The predicted molar refractivity (Wildman–Crippen MR) is 114 cm³/mol. The summed E-state index contributed by atoms with van der Waals surface area (Å²) >= 11 is 0. The molecule has 160 valence electrons. The van der Waals surface area contributed by atoms with Gasteiger partial charge in [0.25, 0.3) is 0 Å². The molecule has 0 bridgehead atoms. The van der Waals surface area contributed by atoms with Gasteiger partial charge in [-0.15, -0.1) is 0 Å². The zero-order valence-electron chi connectivity index (χ0n) is 17.3. The number of fused-ring (bicyclic) bond motifs is 1. The Morgan fingerprint density at radius 3 is 2.13 bits per heavy atom. The van der Waals surface area contributed by atoms with Gasteiger partial charge >= 0.3 is 26.2 Å². The summed E-state index contributed by atoms with van der Waals surface area (Å²) in [5.74, 6) is 0. The molecular formula is C24H23Cl2NO2SZr. The Kier molecular flexibility index (Phi) is 10.4. The largest absolute Gasteiger partial charge is 2.00 e. The number of hydrogen-bond acceptors (Lipinski definition) is 2. The van der Waals surface area contributed by atoms with Crippen LogP contribution in [0, 0.1) is 6.92 Å². The maximum atomic E-state index is 13.1. The summed E-state index contributed by atoms with van der Waals surface area (Å²) in [5.41, 5.74) is 6.37. The van der Waals surface area contributed by atoms with Crippen LogP contribution in [0.1, 0.15) is 36.1 Å². The van der Waals surface area contributed by atoms with E-state index in [4.69, 9.17) is 0 Å². The molecular weight excluding hydrogens is 528 g/mol. The third-order valence-corrected chi connectivity index (χ3v) is 6.68. The van der Waals surface area contributed by atoms with Gasteiger partial charge in [-0.25, -0.2) is 8.42 Å². The Morgan fingerprint density at radius 1 is 0.871 bits per heavy atom. The molecule has 7 heteroatoms. The molecule has 1 N–H and O–H groups in total. The molecule has 0 amide bonds. The molecule has 31 heavy (non-hydrogen) atoms. The number of aryl methyl sites for hydroxylation is 1. The van der Waals surface area contributed by atoms with Crippen molar-refractivity contribution in [2.75, 3.05) is 0 Å². The Morgan fingerprint density at radius 2 is 1.52 bits per heavy atom. The van der Waals surface area contributed by atoms with E-state index >= 15 is 0 Å². The summed E-state index contributed by atoms with van der Waals surface area (Å²) in [6, 6.07) is 22.9. The van der Waals surface area contributed by atoms with E-state index < -0.39 is 10.0 Å². The predicted octanol–water partition coefficient (Wildman–Crippen LogP) is -0.506. The minimum atomic E-state index is -3.64. The van der Waals surface area contributed by atoms with Crippen molar-refractivity contribution in [3.8, 4) is 11.1 Å². The molecule has 3 aromatic carbocycles. The maximum absolute atomic E-state index is 13.1. The Hall–Kier alpha value is -1.23. The van der Waals surface area contributed by atoms with Crippen LogP contribution < -0.4 is 29.5 Å². The molecule has 1 aliphatic carbocycles. The molecule has 0 saturated heterocycles. The van der Waals surface area contributed by atoms with Gasteiger partial charge < -0.3 is 24.8 Å². The van der Waals surface area contributed by atoms with E-state index in [9.17, 15) is 8.42 Å². The molecule has 0 saturated carbocycles. The standard InChI is InChI=1S/C24H23NO2S.2ClH.Zr/c1-3-18-16-20-10-7-11-22(19-8-5-4-6-9-19)23(20)24(18)25-28(26,27)21-14-12-17(2)13-15-21;;;/h4-16,24-25H,3H2,1-2H3;2*1H;/q;;;+2/p-2. The third kappa shape index (κ3) is 5.77. The first-order valence-corrected chi connectivity index (χ1v) is 11.0. The molecule has 0 aliphatic heterocycles. The van der Waals surface area contributed by atoms with Crippen LogP contribution in [-0.4, -0.2) is 8.42 Å². The maximum Gasteiger partial charge on any atom is 2.00 e. The SMILES string of the molecule is CCC1=Cc2cccc(-c3ccccc3)c2C1NS(=O)(=O)c1ccc(C)cc1.[Cl-].[Cl-].[Zr+2]. The van der Waals surface area contributed by atoms with E-state index in [0.717, 1.165) is 39.8 Å². The quantitative estimate of drug-likeness (QED) is 0.465. The van der Waals surface area contributed by atoms with Gasteiger partial charge in [0.1, 0.15) is 0 Å². The normalized spacial score (nSPS) is 14.4. The molecule has 3 aromatic rings. The van der Waals surface area contributed by atoms with Crippen molar-refractivity contribution >= 4 is 16.1 Å². The van der Waals surface area contributed by atoms with Crippen molar-refractivity contribution in [1.29, 1.82) is 0 Å². The van der Waals surface area contributed by atoms with Crippen molar-refractivity contribution in [3.05, 3.63) is 95.1 Å². The number of hydrogen-bond donors (Lipinski definition) is 1. The van der Waals surface area contributed by atoms with Gasteiger partial charge in [-0.2, -0.15) is 4.72 Å². The molecule has 1 aliphatic rings. The molecule has 0 fully saturated rings. The molecule has 3 nitrogen and oxygen atoms in total. The zero-order valence-corrected chi connectivity index (χ0v) is 22.1. The fourth-order valence-corrected chi connectivity index (χ4v) is 4.96. The number of halogens is 2. The van der Waals surface area contributed by atoms with Crippen LogP contribution >= 0.6 is 0 Å². The van der Waals surface area contributed by atoms with Gasteiger partial charge in [0.05, 0.1) is 10.9 Å². The van der Waals surface area contributed by atoms with Gasteiger partial charge in [0, 0.05) is 0 Å². The van der Waals surface area contributed by atoms with Gasteiger partial charge in [-0.1, -0.05) is 79.2 Å². The van der Waals surface area contributed by atoms with Crippen LogP contribution in [0.4, 0.5) is 0 Å². The zero-order chi connectivity index (χ0) is 19.7. The minimum absolute atomic E-state index is 0. The average molecular weight is 552 g/mol. The number of rotatable bonds is 5. The molecule has 0 radical (unpaired) electrons. The van der Waals surface area contributed by atoms with E-state index in [-0.39, 0.29) is 57.1 Å². The Balaban J connectivity index is 0.00000160. The Labute approximate surface area is 216 Å². The minimum Gasteiger partial charge on any atom is -1.00 e. The molecule has 4 rings (SSSR count). The summed E-state index contributed by atoms with van der Waals surface area (Å²) in [6.07, 6.45) is 2.90. The Bertz CT molecular complexity index is 1150. The fourth-order valence-electron chi connectivity index (χ4n) is 3.75. The molecule has 0 heterocycles. The van der Waals surface area contributed by atoms with Crippen molar-refractivity contribution < 1.29 is 59.4 Å². The molecule has 1 atom stereocenters. The second kappa shape index (κ2) is 11.6. The van der Waals surface area contributed by atoms with Crippen LogP contribution in [0.3, 0.4) is 0 Å². The van der Waals surface area contributed by atoms with Crippen LogP contribution in [0.25, 0.3) is 17.2 Å². The van der Waals surface area contributed by atoms with E-state index in [1.54, 1.807) is 12.1 Å². The topological polar surface area (TPSA) is 46.2 Å².